The third kappa shape index (κ3) is 2.86. The Morgan fingerprint density at radius 3 is 2.52 bits per heavy atom. The van der Waals surface area contributed by atoms with Crippen molar-refractivity contribution < 1.29 is 0 Å². The zero-order chi connectivity index (χ0) is 14.1. The molecular formula is C16H27N5. The van der Waals surface area contributed by atoms with Gasteiger partial charge in [-0.3, -0.25) is 10.00 Å². The van der Waals surface area contributed by atoms with Crippen molar-refractivity contribution in [3.63, 3.8) is 0 Å². The molecule has 3 aliphatic rings. The van der Waals surface area contributed by atoms with E-state index in [0.717, 1.165) is 17.7 Å². The van der Waals surface area contributed by atoms with Crippen LogP contribution in [0.25, 0.3) is 0 Å². The zero-order valence-corrected chi connectivity index (χ0v) is 12.9. The highest BCUT2D eigenvalue weighted by atomic mass is 15.2. The fraction of sp³-hybridized carbons (Fsp3) is 0.875. The smallest absolute Gasteiger partial charge is 0.153 e. The average Bonchev–Trinajstić information content (AvgIpc) is 2.96. The summed E-state index contributed by atoms with van der Waals surface area (Å²) in [6.45, 7) is 4.80. The van der Waals surface area contributed by atoms with Crippen LogP contribution in [-0.2, 0) is 0 Å². The minimum absolute atomic E-state index is 0.565. The highest BCUT2D eigenvalue weighted by Gasteiger charge is 2.30. The Morgan fingerprint density at radius 2 is 1.76 bits per heavy atom. The van der Waals surface area contributed by atoms with E-state index in [9.17, 15) is 0 Å². The molecule has 3 fully saturated rings. The van der Waals surface area contributed by atoms with Crippen LogP contribution in [-0.4, -0.2) is 52.3 Å². The molecule has 3 heterocycles. The lowest BCUT2D eigenvalue weighted by Gasteiger charge is -2.39. The summed E-state index contributed by atoms with van der Waals surface area (Å²) in [6, 6.07) is 0.781. The topological polar surface area (TPSA) is 56.8 Å². The molecule has 1 aromatic heterocycles. The van der Waals surface area contributed by atoms with Crippen molar-refractivity contribution in [2.75, 3.05) is 26.2 Å². The molecule has 116 valence electrons. The quantitative estimate of drug-likeness (QED) is 0.893. The van der Waals surface area contributed by atoms with Crippen molar-refractivity contribution >= 4 is 0 Å². The third-order valence-corrected chi connectivity index (χ3v) is 5.65. The number of likely N-dealkylation sites (tertiary alicyclic amines) is 1. The highest BCUT2D eigenvalue weighted by Crippen LogP contribution is 2.35. The first-order valence-electron chi connectivity index (χ1n) is 8.77. The van der Waals surface area contributed by atoms with Crippen molar-refractivity contribution in [2.45, 2.75) is 62.8 Å². The average molecular weight is 289 g/mol. The molecule has 1 atom stereocenters. The molecule has 5 heteroatoms. The second-order valence-electron chi connectivity index (χ2n) is 7.02. The minimum atomic E-state index is 0.565. The Labute approximate surface area is 126 Å². The molecule has 1 aliphatic carbocycles. The SMILES string of the molecule is C1CC(c2n[nH]c(C3CCCN(C4CCNCC4)C3)n2)C1. The van der Waals surface area contributed by atoms with Gasteiger partial charge in [0.05, 0.1) is 0 Å². The standard InChI is InChI=1S/C16H27N5/c1-3-12(4-1)15-18-16(20-19-15)13-5-2-10-21(11-13)14-6-8-17-9-7-14/h12-14,17H,1-11H2,(H,18,19,20). The first-order chi connectivity index (χ1) is 10.4. The van der Waals surface area contributed by atoms with Gasteiger partial charge in [0.15, 0.2) is 5.82 Å². The van der Waals surface area contributed by atoms with Gasteiger partial charge < -0.3 is 5.32 Å². The number of aromatic nitrogens is 3. The summed E-state index contributed by atoms with van der Waals surface area (Å²) >= 11 is 0. The van der Waals surface area contributed by atoms with Gasteiger partial charge in [0, 0.05) is 24.4 Å². The maximum atomic E-state index is 4.83. The summed E-state index contributed by atoms with van der Waals surface area (Å²) < 4.78 is 0. The Morgan fingerprint density at radius 1 is 0.952 bits per heavy atom. The lowest BCUT2D eigenvalue weighted by atomic mass is 9.85. The predicted octanol–water partition coefficient (Wildman–Crippen LogP) is 2.00. The van der Waals surface area contributed by atoms with Gasteiger partial charge in [0.2, 0.25) is 0 Å². The van der Waals surface area contributed by atoms with Gasteiger partial charge in [0.1, 0.15) is 5.82 Å². The second kappa shape index (κ2) is 6.05. The summed E-state index contributed by atoms with van der Waals surface area (Å²) in [4.78, 5) is 7.54. The number of nitrogens with one attached hydrogen (secondary N) is 2. The number of hydrogen-bond donors (Lipinski definition) is 2. The fourth-order valence-corrected chi connectivity index (χ4v) is 4.05. The predicted molar refractivity (Wildman–Crippen MR) is 82.4 cm³/mol. The molecule has 5 nitrogen and oxygen atoms in total. The van der Waals surface area contributed by atoms with Crippen LogP contribution in [0.15, 0.2) is 0 Å². The summed E-state index contributed by atoms with van der Waals surface area (Å²) in [6.07, 6.45) is 9.08. The van der Waals surface area contributed by atoms with Crippen LogP contribution in [0.5, 0.6) is 0 Å². The first kappa shape index (κ1) is 13.7. The molecule has 2 saturated heterocycles. The summed E-state index contributed by atoms with van der Waals surface area (Å²) in [7, 11) is 0. The Balaban J connectivity index is 1.41. The van der Waals surface area contributed by atoms with Crippen LogP contribution in [0.3, 0.4) is 0 Å². The molecule has 1 saturated carbocycles. The van der Waals surface area contributed by atoms with Gasteiger partial charge in [-0.05, 0) is 58.2 Å². The Kier molecular flexibility index (Phi) is 3.95. The van der Waals surface area contributed by atoms with Crippen molar-refractivity contribution in [2.24, 2.45) is 0 Å². The van der Waals surface area contributed by atoms with E-state index in [2.05, 4.69) is 20.4 Å². The lowest BCUT2D eigenvalue weighted by Crippen LogP contribution is -2.47. The highest BCUT2D eigenvalue weighted by molar-refractivity contribution is 5.06. The summed E-state index contributed by atoms with van der Waals surface area (Å²) in [5, 5.41) is 11.2. The number of hydrogen-bond acceptors (Lipinski definition) is 4. The molecule has 2 N–H and O–H groups in total. The zero-order valence-electron chi connectivity index (χ0n) is 12.9. The van der Waals surface area contributed by atoms with E-state index in [0.29, 0.717) is 11.8 Å². The number of rotatable bonds is 3. The van der Waals surface area contributed by atoms with E-state index >= 15 is 0 Å². The lowest BCUT2D eigenvalue weighted by molar-refractivity contribution is 0.121. The number of piperidine rings is 2. The van der Waals surface area contributed by atoms with Crippen molar-refractivity contribution in [1.29, 1.82) is 0 Å². The maximum Gasteiger partial charge on any atom is 0.153 e. The van der Waals surface area contributed by atoms with Crippen molar-refractivity contribution in [3.05, 3.63) is 11.6 Å². The monoisotopic (exact) mass is 289 g/mol. The van der Waals surface area contributed by atoms with E-state index in [1.54, 1.807) is 0 Å². The van der Waals surface area contributed by atoms with Crippen LogP contribution in [0.4, 0.5) is 0 Å². The number of aromatic amines is 1. The molecule has 0 bridgehead atoms. The molecule has 0 amide bonds. The van der Waals surface area contributed by atoms with Crippen molar-refractivity contribution in [3.8, 4) is 0 Å². The van der Waals surface area contributed by atoms with Crippen LogP contribution in [0, 0.1) is 0 Å². The Hall–Kier alpha value is -0.940. The summed E-state index contributed by atoms with van der Waals surface area (Å²) in [5.41, 5.74) is 0. The van der Waals surface area contributed by atoms with Gasteiger partial charge in [-0.15, -0.1) is 0 Å². The fourth-order valence-electron chi connectivity index (χ4n) is 4.05. The second-order valence-corrected chi connectivity index (χ2v) is 7.02. The molecule has 21 heavy (non-hydrogen) atoms. The Bertz CT molecular complexity index is 461. The molecule has 1 aromatic rings. The van der Waals surface area contributed by atoms with Crippen LogP contribution in [0.2, 0.25) is 0 Å². The number of H-pyrrole nitrogens is 1. The van der Waals surface area contributed by atoms with E-state index in [4.69, 9.17) is 4.98 Å². The molecule has 0 aromatic carbocycles. The van der Waals surface area contributed by atoms with E-state index in [-0.39, 0.29) is 0 Å². The van der Waals surface area contributed by atoms with Gasteiger partial charge in [-0.1, -0.05) is 6.42 Å². The van der Waals surface area contributed by atoms with E-state index in [1.807, 2.05) is 0 Å². The minimum Gasteiger partial charge on any atom is -0.317 e. The van der Waals surface area contributed by atoms with Crippen molar-refractivity contribution in [1.82, 2.24) is 25.4 Å². The molecule has 0 spiro atoms. The first-order valence-corrected chi connectivity index (χ1v) is 8.77. The molecular weight excluding hydrogens is 262 g/mol. The van der Waals surface area contributed by atoms with Gasteiger partial charge >= 0.3 is 0 Å². The largest absolute Gasteiger partial charge is 0.317 e. The van der Waals surface area contributed by atoms with Crippen LogP contribution >= 0.6 is 0 Å². The van der Waals surface area contributed by atoms with Gasteiger partial charge in [-0.2, -0.15) is 5.10 Å². The molecule has 2 aliphatic heterocycles. The molecule has 4 rings (SSSR count). The molecule has 1 unspecified atom stereocenters. The molecule has 0 radical (unpaired) electrons. The normalized spacial score (nSPS) is 29.4. The van der Waals surface area contributed by atoms with E-state index in [1.165, 1.54) is 71.1 Å². The van der Waals surface area contributed by atoms with Gasteiger partial charge in [0.25, 0.3) is 0 Å². The summed E-state index contributed by atoms with van der Waals surface area (Å²) in [5.74, 6) is 3.43. The van der Waals surface area contributed by atoms with Gasteiger partial charge in [-0.25, -0.2) is 4.98 Å². The maximum absolute atomic E-state index is 4.83. The van der Waals surface area contributed by atoms with E-state index < -0.39 is 0 Å². The van der Waals surface area contributed by atoms with Crippen LogP contribution < -0.4 is 5.32 Å². The van der Waals surface area contributed by atoms with Crippen LogP contribution in [0.1, 0.15) is 68.4 Å². The third-order valence-electron chi connectivity index (χ3n) is 5.65. The number of nitrogens with zero attached hydrogens (tertiary/aromatic N) is 3.